The van der Waals surface area contributed by atoms with E-state index in [4.69, 9.17) is 4.74 Å². The van der Waals surface area contributed by atoms with Gasteiger partial charge in [0.15, 0.2) is 5.96 Å². The van der Waals surface area contributed by atoms with Gasteiger partial charge in [0.05, 0.1) is 26.0 Å². The molecular weight excluding hydrogens is 395 g/mol. The van der Waals surface area contributed by atoms with Crippen LogP contribution in [0.3, 0.4) is 0 Å². The molecule has 0 atom stereocenters. The minimum Gasteiger partial charge on any atom is -0.379 e. The van der Waals surface area contributed by atoms with Gasteiger partial charge in [-0.3, -0.25) is 9.58 Å². The Kier molecular flexibility index (Phi) is 9.41. The molecule has 0 radical (unpaired) electrons. The molecule has 7 nitrogen and oxygen atoms in total. The van der Waals surface area contributed by atoms with Crippen LogP contribution in [0, 0.1) is 0 Å². The molecule has 2 heterocycles. The Hall–Kier alpha value is -0.870. The predicted molar refractivity (Wildman–Crippen MR) is 98.7 cm³/mol. The van der Waals surface area contributed by atoms with Crippen molar-refractivity contribution < 1.29 is 4.74 Å². The van der Waals surface area contributed by atoms with Gasteiger partial charge in [-0.2, -0.15) is 5.10 Å². The van der Waals surface area contributed by atoms with E-state index in [2.05, 4.69) is 32.5 Å². The summed E-state index contributed by atoms with van der Waals surface area (Å²) in [7, 11) is 1.92. The highest BCUT2D eigenvalue weighted by Crippen LogP contribution is 1.98. The molecule has 0 unspecified atom stereocenters. The molecule has 1 aliphatic rings. The van der Waals surface area contributed by atoms with E-state index < -0.39 is 0 Å². The molecule has 1 aromatic rings. The quantitative estimate of drug-likeness (QED) is 0.396. The van der Waals surface area contributed by atoms with Crippen LogP contribution in [0.2, 0.25) is 0 Å². The predicted octanol–water partition coefficient (Wildman–Crippen LogP) is 0.425. The highest BCUT2D eigenvalue weighted by atomic mass is 127. The largest absolute Gasteiger partial charge is 0.379 e. The third-order valence-corrected chi connectivity index (χ3v) is 3.35. The number of rotatable bonds is 6. The number of nitrogens with zero attached hydrogens (tertiary/aromatic N) is 4. The lowest BCUT2D eigenvalue weighted by atomic mass is 10.4. The molecule has 2 rings (SSSR count). The lowest BCUT2D eigenvalue weighted by Crippen LogP contribution is -2.44. The summed E-state index contributed by atoms with van der Waals surface area (Å²) in [4.78, 5) is 6.98. The van der Waals surface area contributed by atoms with Crippen molar-refractivity contribution in [2.24, 2.45) is 12.0 Å². The number of aliphatic imine (C=N–C) groups is 1. The number of ether oxygens (including phenoxy) is 1. The average Bonchev–Trinajstić information content (AvgIpc) is 2.91. The van der Waals surface area contributed by atoms with E-state index in [1.165, 1.54) is 0 Å². The van der Waals surface area contributed by atoms with E-state index in [0.29, 0.717) is 6.54 Å². The zero-order valence-electron chi connectivity index (χ0n) is 13.4. The van der Waals surface area contributed by atoms with Crippen molar-refractivity contribution in [3.63, 3.8) is 0 Å². The van der Waals surface area contributed by atoms with Gasteiger partial charge in [0, 0.05) is 51.5 Å². The molecule has 1 fully saturated rings. The summed E-state index contributed by atoms with van der Waals surface area (Å²) in [6, 6.07) is 0. The van der Waals surface area contributed by atoms with Crippen LogP contribution in [0.1, 0.15) is 12.5 Å². The zero-order valence-corrected chi connectivity index (χ0v) is 15.7. The van der Waals surface area contributed by atoms with Crippen LogP contribution in [-0.2, 0) is 18.3 Å². The number of aryl methyl sites for hydroxylation is 1. The Balaban J connectivity index is 0.00000242. The third-order valence-electron chi connectivity index (χ3n) is 3.35. The van der Waals surface area contributed by atoms with Gasteiger partial charge in [-0.15, -0.1) is 24.0 Å². The molecular formula is C14H27IN6O. The van der Waals surface area contributed by atoms with E-state index in [1.807, 2.05) is 19.4 Å². The van der Waals surface area contributed by atoms with Crippen molar-refractivity contribution in [2.75, 3.05) is 45.9 Å². The van der Waals surface area contributed by atoms with E-state index in [0.717, 1.165) is 57.5 Å². The van der Waals surface area contributed by atoms with Gasteiger partial charge in [0.2, 0.25) is 0 Å². The Morgan fingerprint density at radius 2 is 2.14 bits per heavy atom. The minimum atomic E-state index is 0. The summed E-state index contributed by atoms with van der Waals surface area (Å²) in [6.07, 6.45) is 3.83. The van der Waals surface area contributed by atoms with Crippen LogP contribution < -0.4 is 10.6 Å². The van der Waals surface area contributed by atoms with Crippen molar-refractivity contribution in [1.29, 1.82) is 0 Å². The Morgan fingerprint density at radius 1 is 1.36 bits per heavy atom. The smallest absolute Gasteiger partial charge is 0.191 e. The summed E-state index contributed by atoms with van der Waals surface area (Å²) in [5.74, 6) is 0.856. The number of hydrogen-bond donors (Lipinski definition) is 2. The first kappa shape index (κ1) is 19.2. The fraction of sp³-hybridized carbons (Fsp3) is 0.714. The molecule has 2 N–H and O–H groups in total. The van der Waals surface area contributed by atoms with Crippen molar-refractivity contribution >= 4 is 29.9 Å². The zero-order chi connectivity index (χ0) is 14.9. The highest BCUT2D eigenvalue weighted by molar-refractivity contribution is 14.0. The van der Waals surface area contributed by atoms with Gasteiger partial charge in [0.25, 0.3) is 0 Å². The summed E-state index contributed by atoms with van der Waals surface area (Å²) < 4.78 is 7.14. The van der Waals surface area contributed by atoms with Gasteiger partial charge in [-0.25, -0.2) is 4.99 Å². The molecule has 0 aromatic carbocycles. The maximum Gasteiger partial charge on any atom is 0.191 e. The number of hydrogen-bond acceptors (Lipinski definition) is 4. The van der Waals surface area contributed by atoms with Crippen molar-refractivity contribution in [1.82, 2.24) is 25.3 Å². The molecule has 1 saturated heterocycles. The molecule has 8 heteroatoms. The van der Waals surface area contributed by atoms with Gasteiger partial charge >= 0.3 is 0 Å². The van der Waals surface area contributed by atoms with Crippen molar-refractivity contribution in [3.8, 4) is 0 Å². The molecule has 0 aliphatic carbocycles. The first-order valence-electron chi connectivity index (χ1n) is 7.57. The lowest BCUT2D eigenvalue weighted by Gasteiger charge is -2.26. The van der Waals surface area contributed by atoms with Gasteiger partial charge in [0.1, 0.15) is 0 Å². The second-order valence-corrected chi connectivity index (χ2v) is 5.10. The minimum absolute atomic E-state index is 0. The first-order chi connectivity index (χ1) is 10.3. The lowest BCUT2D eigenvalue weighted by molar-refractivity contribution is 0.0389. The van der Waals surface area contributed by atoms with E-state index in [1.54, 1.807) is 4.68 Å². The summed E-state index contributed by atoms with van der Waals surface area (Å²) in [6.45, 7) is 9.19. The third kappa shape index (κ3) is 6.93. The Labute approximate surface area is 149 Å². The maximum atomic E-state index is 5.35. The molecule has 0 bridgehead atoms. The molecule has 22 heavy (non-hydrogen) atoms. The van der Waals surface area contributed by atoms with Gasteiger partial charge < -0.3 is 15.4 Å². The Morgan fingerprint density at radius 3 is 2.77 bits per heavy atom. The van der Waals surface area contributed by atoms with E-state index in [9.17, 15) is 0 Å². The SMILES string of the molecule is CCNC(=NCc1cnn(C)c1)NCCN1CCOCC1.I. The van der Waals surface area contributed by atoms with Crippen LogP contribution >= 0.6 is 24.0 Å². The molecule has 1 aliphatic heterocycles. The molecule has 0 amide bonds. The molecule has 0 saturated carbocycles. The monoisotopic (exact) mass is 422 g/mol. The summed E-state index contributed by atoms with van der Waals surface area (Å²) in [5.41, 5.74) is 1.11. The standard InChI is InChI=1S/C14H26N6O.HI/c1-3-15-14(17-10-13-11-18-19(2)12-13)16-4-5-20-6-8-21-9-7-20;/h11-12H,3-10H2,1-2H3,(H2,15,16,17);1H. The number of aromatic nitrogens is 2. The van der Waals surface area contributed by atoms with Crippen LogP contribution in [0.15, 0.2) is 17.4 Å². The first-order valence-corrected chi connectivity index (χ1v) is 7.57. The molecule has 0 spiro atoms. The average molecular weight is 422 g/mol. The van der Waals surface area contributed by atoms with E-state index >= 15 is 0 Å². The normalized spacial score (nSPS) is 16.2. The fourth-order valence-electron chi connectivity index (χ4n) is 2.22. The number of guanidine groups is 1. The second kappa shape index (κ2) is 10.8. The number of morpholine rings is 1. The van der Waals surface area contributed by atoms with Crippen LogP contribution in [-0.4, -0.2) is 66.6 Å². The van der Waals surface area contributed by atoms with Crippen molar-refractivity contribution in [3.05, 3.63) is 18.0 Å². The fourth-order valence-corrected chi connectivity index (χ4v) is 2.22. The summed E-state index contributed by atoms with van der Waals surface area (Å²) in [5, 5.41) is 10.8. The van der Waals surface area contributed by atoms with Gasteiger partial charge in [-0.05, 0) is 6.92 Å². The van der Waals surface area contributed by atoms with Crippen LogP contribution in [0.5, 0.6) is 0 Å². The molecule has 126 valence electrons. The number of nitrogens with one attached hydrogen (secondary N) is 2. The van der Waals surface area contributed by atoms with Crippen LogP contribution in [0.25, 0.3) is 0 Å². The molecule has 1 aromatic heterocycles. The number of halogens is 1. The van der Waals surface area contributed by atoms with Crippen LogP contribution in [0.4, 0.5) is 0 Å². The van der Waals surface area contributed by atoms with Gasteiger partial charge in [-0.1, -0.05) is 0 Å². The maximum absolute atomic E-state index is 5.35. The Bertz CT molecular complexity index is 444. The summed E-state index contributed by atoms with van der Waals surface area (Å²) >= 11 is 0. The highest BCUT2D eigenvalue weighted by Gasteiger charge is 2.09. The van der Waals surface area contributed by atoms with E-state index in [-0.39, 0.29) is 24.0 Å². The topological polar surface area (TPSA) is 66.7 Å². The van der Waals surface area contributed by atoms with Crippen molar-refractivity contribution in [2.45, 2.75) is 13.5 Å². The second-order valence-electron chi connectivity index (χ2n) is 5.10.